The first-order chi connectivity index (χ1) is 14.9. The summed E-state index contributed by atoms with van der Waals surface area (Å²) in [5, 5.41) is 5.61. The molecular weight excluding hydrogens is 424 g/mol. The number of methoxy groups -OCH3 is 3. The standard InChI is InChI=1S/C20H22N4O6S/c1-11-5-13-19(31-11)22-10-24(20(13)27)9-17(26)21-8-16(25)23-12-6-14(28-2)18(30-4)15(7-12)29-3/h5-7,10H,8-9H2,1-4H3,(H,21,26)(H,23,25). The number of anilines is 1. The Morgan fingerprint density at radius 3 is 2.35 bits per heavy atom. The van der Waals surface area contributed by atoms with Gasteiger partial charge in [0.2, 0.25) is 17.6 Å². The second-order valence-corrected chi connectivity index (χ2v) is 7.73. The Morgan fingerprint density at radius 1 is 1.06 bits per heavy atom. The number of amides is 2. The van der Waals surface area contributed by atoms with E-state index in [2.05, 4.69) is 15.6 Å². The van der Waals surface area contributed by atoms with E-state index in [0.717, 1.165) is 4.88 Å². The van der Waals surface area contributed by atoms with Crippen molar-refractivity contribution >= 4 is 39.1 Å². The lowest BCUT2D eigenvalue weighted by Gasteiger charge is -2.14. The van der Waals surface area contributed by atoms with E-state index in [0.29, 0.717) is 33.2 Å². The maximum Gasteiger partial charge on any atom is 0.262 e. The van der Waals surface area contributed by atoms with Gasteiger partial charge in [-0.1, -0.05) is 0 Å². The number of ether oxygens (including phenoxy) is 3. The molecular formula is C20H22N4O6S. The highest BCUT2D eigenvalue weighted by Gasteiger charge is 2.15. The zero-order valence-electron chi connectivity index (χ0n) is 17.5. The van der Waals surface area contributed by atoms with E-state index in [9.17, 15) is 14.4 Å². The van der Waals surface area contributed by atoms with Gasteiger partial charge in [-0.05, 0) is 13.0 Å². The van der Waals surface area contributed by atoms with Gasteiger partial charge in [0.15, 0.2) is 11.5 Å². The second kappa shape index (κ2) is 9.47. The molecule has 0 aliphatic carbocycles. The lowest BCUT2D eigenvalue weighted by Crippen LogP contribution is -2.37. The van der Waals surface area contributed by atoms with E-state index in [1.165, 1.54) is 43.6 Å². The summed E-state index contributed by atoms with van der Waals surface area (Å²) in [6, 6.07) is 4.89. The SMILES string of the molecule is COc1cc(NC(=O)CNC(=O)Cn2cnc3sc(C)cc3c2=O)cc(OC)c1OC. The van der Waals surface area contributed by atoms with Gasteiger partial charge in [0.05, 0.1) is 39.6 Å². The van der Waals surface area contributed by atoms with Crippen molar-refractivity contribution < 1.29 is 23.8 Å². The number of aromatic nitrogens is 2. The van der Waals surface area contributed by atoms with Crippen LogP contribution in [0, 0.1) is 6.92 Å². The molecule has 1 aromatic carbocycles. The average molecular weight is 446 g/mol. The Hall–Kier alpha value is -3.60. The Kier molecular flexibility index (Phi) is 6.75. The molecule has 0 radical (unpaired) electrons. The molecule has 3 rings (SSSR count). The van der Waals surface area contributed by atoms with Crippen molar-refractivity contribution in [3.8, 4) is 17.2 Å². The fourth-order valence-electron chi connectivity index (χ4n) is 2.94. The lowest BCUT2D eigenvalue weighted by atomic mass is 10.2. The van der Waals surface area contributed by atoms with Crippen molar-refractivity contribution in [1.29, 1.82) is 0 Å². The molecule has 31 heavy (non-hydrogen) atoms. The number of nitrogens with zero attached hydrogens (tertiary/aromatic N) is 2. The third-order valence-electron chi connectivity index (χ3n) is 4.35. The number of aryl methyl sites for hydroxylation is 1. The van der Waals surface area contributed by atoms with E-state index < -0.39 is 11.8 Å². The molecule has 0 aliphatic heterocycles. The summed E-state index contributed by atoms with van der Waals surface area (Å²) in [6.07, 6.45) is 1.33. The number of rotatable bonds is 8. The normalized spacial score (nSPS) is 10.6. The summed E-state index contributed by atoms with van der Waals surface area (Å²) in [4.78, 5) is 42.7. The monoisotopic (exact) mass is 446 g/mol. The van der Waals surface area contributed by atoms with E-state index in [1.54, 1.807) is 18.2 Å². The van der Waals surface area contributed by atoms with Crippen LogP contribution in [0.4, 0.5) is 5.69 Å². The predicted molar refractivity (Wildman–Crippen MR) is 116 cm³/mol. The van der Waals surface area contributed by atoms with Crippen molar-refractivity contribution in [2.45, 2.75) is 13.5 Å². The molecule has 0 saturated carbocycles. The van der Waals surface area contributed by atoms with Gasteiger partial charge in [0.1, 0.15) is 11.4 Å². The first kappa shape index (κ1) is 22.1. The van der Waals surface area contributed by atoms with Crippen molar-refractivity contribution in [2.75, 3.05) is 33.2 Å². The molecule has 10 nitrogen and oxygen atoms in total. The average Bonchev–Trinajstić information content (AvgIpc) is 3.14. The third-order valence-corrected chi connectivity index (χ3v) is 5.31. The topological polar surface area (TPSA) is 121 Å². The Labute approximate surface area is 181 Å². The minimum absolute atomic E-state index is 0.242. The number of carbonyl (C=O) groups is 2. The summed E-state index contributed by atoms with van der Waals surface area (Å²) < 4.78 is 16.9. The molecule has 164 valence electrons. The van der Waals surface area contributed by atoms with Crippen molar-refractivity contribution in [1.82, 2.24) is 14.9 Å². The molecule has 0 spiro atoms. The minimum atomic E-state index is -0.491. The summed E-state index contributed by atoms with van der Waals surface area (Å²) in [5.74, 6) is 0.208. The zero-order valence-corrected chi connectivity index (χ0v) is 18.3. The van der Waals surface area contributed by atoms with Crippen LogP contribution in [0.3, 0.4) is 0 Å². The maximum absolute atomic E-state index is 12.5. The van der Waals surface area contributed by atoms with Crippen LogP contribution >= 0.6 is 11.3 Å². The fraction of sp³-hybridized carbons (Fsp3) is 0.300. The lowest BCUT2D eigenvalue weighted by molar-refractivity contribution is -0.124. The van der Waals surface area contributed by atoms with Crippen LogP contribution in [-0.2, 0) is 16.1 Å². The number of hydrogen-bond acceptors (Lipinski definition) is 8. The number of benzene rings is 1. The summed E-state index contributed by atoms with van der Waals surface area (Å²) in [5.41, 5.74) is 0.110. The Balaban J connectivity index is 1.61. The van der Waals surface area contributed by atoms with Crippen LogP contribution in [0.15, 0.2) is 29.3 Å². The molecule has 0 aliphatic rings. The maximum atomic E-state index is 12.5. The van der Waals surface area contributed by atoms with Gasteiger partial charge < -0.3 is 24.8 Å². The Bertz CT molecular complexity index is 1160. The van der Waals surface area contributed by atoms with Gasteiger partial charge in [-0.2, -0.15) is 0 Å². The molecule has 2 heterocycles. The molecule has 11 heteroatoms. The molecule has 0 fully saturated rings. The van der Waals surface area contributed by atoms with Crippen LogP contribution < -0.4 is 30.4 Å². The second-order valence-electron chi connectivity index (χ2n) is 6.49. The van der Waals surface area contributed by atoms with Gasteiger partial charge in [0, 0.05) is 22.7 Å². The van der Waals surface area contributed by atoms with E-state index in [4.69, 9.17) is 14.2 Å². The largest absolute Gasteiger partial charge is 0.493 e. The van der Waals surface area contributed by atoms with E-state index in [1.807, 2.05) is 6.92 Å². The molecule has 2 amide bonds. The molecule has 0 atom stereocenters. The van der Waals surface area contributed by atoms with E-state index in [-0.39, 0.29) is 18.6 Å². The number of thiophene rings is 1. The van der Waals surface area contributed by atoms with Gasteiger partial charge in [0.25, 0.3) is 5.56 Å². The number of carbonyl (C=O) groups excluding carboxylic acids is 2. The summed E-state index contributed by atoms with van der Waals surface area (Å²) >= 11 is 1.41. The molecule has 3 aromatic rings. The summed E-state index contributed by atoms with van der Waals surface area (Å²) in [6.45, 7) is 1.36. The molecule has 0 saturated heterocycles. The number of hydrogen-bond donors (Lipinski definition) is 2. The Morgan fingerprint density at radius 2 is 1.74 bits per heavy atom. The highest BCUT2D eigenvalue weighted by atomic mass is 32.1. The van der Waals surface area contributed by atoms with Crippen LogP contribution in [0.1, 0.15) is 4.88 Å². The highest BCUT2D eigenvalue weighted by Crippen LogP contribution is 2.39. The fourth-order valence-corrected chi connectivity index (χ4v) is 3.78. The molecule has 0 bridgehead atoms. The van der Waals surface area contributed by atoms with Crippen molar-refractivity contribution in [3.05, 3.63) is 39.8 Å². The number of nitrogens with one attached hydrogen (secondary N) is 2. The molecule has 2 aromatic heterocycles. The predicted octanol–water partition coefficient (Wildman–Crippen LogP) is 1.55. The first-order valence-corrected chi connectivity index (χ1v) is 10.00. The van der Waals surface area contributed by atoms with Crippen LogP contribution in [-0.4, -0.2) is 49.2 Å². The smallest absolute Gasteiger partial charge is 0.262 e. The van der Waals surface area contributed by atoms with Crippen LogP contribution in [0.5, 0.6) is 17.2 Å². The van der Waals surface area contributed by atoms with E-state index >= 15 is 0 Å². The highest BCUT2D eigenvalue weighted by molar-refractivity contribution is 7.18. The van der Waals surface area contributed by atoms with Gasteiger partial charge in [-0.25, -0.2) is 4.98 Å². The van der Waals surface area contributed by atoms with Gasteiger partial charge >= 0.3 is 0 Å². The minimum Gasteiger partial charge on any atom is -0.493 e. The molecule has 2 N–H and O–H groups in total. The quantitative estimate of drug-likeness (QED) is 0.538. The van der Waals surface area contributed by atoms with Crippen LogP contribution in [0.25, 0.3) is 10.2 Å². The van der Waals surface area contributed by atoms with Gasteiger partial charge in [-0.15, -0.1) is 11.3 Å². The van der Waals surface area contributed by atoms with Crippen LogP contribution in [0.2, 0.25) is 0 Å². The van der Waals surface area contributed by atoms with Crippen molar-refractivity contribution in [3.63, 3.8) is 0 Å². The molecule has 0 unspecified atom stereocenters. The third kappa shape index (κ3) is 4.94. The first-order valence-electron chi connectivity index (χ1n) is 9.18. The van der Waals surface area contributed by atoms with Gasteiger partial charge in [-0.3, -0.25) is 19.0 Å². The van der Waals surface area contributed by atoms with Crippen molar-refractivity contribution in [2.24, 2.45) is 0 Å². The zero-order chi connectivity index (χ0) is 22.5. The summed E-state index contributed by atoms with van der Waals surface area (Å²) in [7, 11) is 4.41. The number of fused-ring (bicyclic) bond motifs is 1.